The first-order valence-electron chi connectivity index (χ1n) is 9.38. The average molecular weight is 463 g/mol. The van der Waals surface area contributed by atoms with E-state index in [-0.39, 0.29) is 11.4 Å². The topological polar surface area (TPSA) is 88.7 Å². The molecule has 156 valence electrons. The van der Waals surface area contributed by atoms with E-state index in [2.05, 4.69) is 11.1 Å². The summed E-state index contributed by atoms with van der Waals surface area (Å²) in [5.41, 5.74) is 1.38. The van der Waals surface area contributed by atoms with E-state index in [1.54, 1.807) is 54.6 Å². The van der Waals surface area contributed by atoms with Crippen LogP contribution in [0, 0.1) is 11.3 Å². The highest BCUT2D eigenvalue weighted by atomic mass is 35.5. The monoisotopic (exact) mass is 462 g/mol. The minimum Gasteiger partial charge on any atom is -0.464 e. The summed E-state index contributed by atoms with van der Waals surface area (Å²) < 4.78 is 22.7. The molecular weight excluding hydrogens is 451 g/mol. The van der Waals surface area contributed by atoms with Crippen molar-refractivity contribution in [3.05, 3.63) is 88.5 Å². The van der Waals surface area contributed by atoms with Crippen molar-refractivity contribution in [2.75, 3.05) is 0 Å². The number of rotatable bonds is 5. The van der Waals surface area contributed by atoms with Crippen LogP contribution < -0.4 is 0 Å². The molecule has 0 aliphatic carbocycles. The Hall–Kier alpha value is -3.92. The van der Waals surface area contributed by atoms with Crippen LogP contribution in [0.1, 0.15) is 11.3 Å². The van der Waals surface area contributed by atoms with Crippen molar-refractivity contribution >= 4 is 35.3 Å². The number of benzene rings is 1. The molecule has 0 bridgehead atoms. The summed E-state index contributed by atoms with van der Waals surface area (Å²) in [6.45, 7) is 0. The van der Waals surface area contributed by atoms with Crippen LogP contribution in [-0.2, 0) is 0 Å². The van der Waals surface area contributed by atoms with Gasteiger partial charge >= 0.3 is 0 Å². The maximum absolute atomic E-state index is 9.81. The standard InChI is InChI=1S/C24H12Cl2N2O4/c25-14-5-7-16(18(26)11-14)19-8-6-15(31-19)13-28-24-17(12-27)22(20-3-1-9-29-20)23(32-24)21-4-2-10-30-21/h1-11,13H. The molecule has 0 atom stereocenters. The van der Waals surface area contributed by atoms with Gasteiger partial charge in [-0.2, -0.15) is 5.26 Å². The summed E-state index contributed by atoms with van der Waals surface area (Å²) in [6, 6.07) is 17.7. The van der Waals surface area contributed by atoms with Gasteiger partial charge in [-0.05, 0) is 54.6 Å². The van der Waals surface area contributed by atoms with Crippen LogP contribution in [0.3, 0.4) is 0 Å². The number of hydrogen-bond donors (Lipinski definition) is 0. The molecule has 32 heavy (non-hydrogen) atoms. The summed E-state index contributed by atoms with van der Waals surface area (Å²) in [4.78, 5) is 4.35. The fourth-order valence-corrected chi connectivity index (χ4v) is 3.73. The smallest absolute Gasteiger partial charge is 0.238 e. The molecule has 5 rings (SSSR count). The molecule has 0 saturated heterocycles. The van der Waals surface area contributed by atoms with Crippen LogP contribution in [0.5, 0.6) is 0 Å². The first kappa shape index (κ1) is 20.0. The fourth-order valence-electron chi connectivity index (χ4n) is 3.23. The zero-order valence-corrected chi connectivity index (χ0v) is 17.7. The average Bonchev–Trinajstić information content (AvgIpc) is 3.58. The number of furan rings is 4. The molecule has 6 nitrogen and oxygen atoms in total. The van der Waals surface area contributed by atoms with Gasteiger partial charge in [0.1, 0.15) is 28.9 Å². The number of nitriles is 1. The Labute approximate surface area is 191 Å². The largest absolute Gasteiger partial charge is 0.464 e. The molecule has 0 unspecified atom stereocenters. The molecule has 5 aromatic rings. The minimum atomic E-state index is 0.104. The van der Waals surface area contributed by atoms with Gasteiger partial charge in [-0.3, -0.25) is 0 Å². The van der Waals surface area contributed by atoms with Gasteiger partial charge in [-0.15, -0.1) is 0 Å². The van der Waals surface area contributed by atoms with Gasteiger partial charge in [0.2, 0.25) is 5.88 Å². The molecule has 0 radical (unpaired) electrons. The number of aliphatic imine (C=N–C) groups is 1. The van der Waals surface area contributed by atoms with E-state index in [0.29, 0.717) is 50.0 Å². The zero-order chi connectivity index (χ0) is 22.1. The number of halogens is 2. The quantitative estimate of drug-likeness (QED) is 0.247. The second kappa shape index (κ2) is 8.31. The Bertz CT molecular complexity index is 1450. The Balaban J connectivity index is 1.53. The van der Waals surface area contributed by atoms with Gasteiger partial charge in [-0.25, -0.2) is 4.99 Å². The van der Waals surface area contributed by atoms with E-state index in [9.17, 15) is 5.26 Å². The van der Waals surface area contributed by atoms with E-state index in [1.165, 1.54) is 18.7 Å². The molecule has 0 fully saturated rings. The lowest BCUT2D eigenvalue weighted by Gasteiger charge is -2.00. The number of hydrogen-bond acceptors (Lipinski definition) is 6. The van der Waals surface area contributed by atoms with Crippen LogP contribution in [0.4, 0.5) is 5.88 Å². The Kier molecular flexibility index (Phi) is 5.20. The minimum absolute atomic E-state index is 0.104. The van der Waals surface area contributed by atoms with Crippen LogP contribution in [0.2, 0.25) is 10.0 Å². The third-order valence-corrected chi connectivity index (χ3v) is 5.19. The van der Waals surface area contributed by atoms with Crippen molar-refractivity contribution in [1.29, 1.82) is 5.26 Å². The second-order valence-corrected chi connectivity index (χ2v) is 7.48. The molecular formula is C24H12Cl2N2O4. The highest BCUT2D eigenvalue weighted by molar-refractivity contribution is 6.36. The second-order valence-electron chi connectivity index (χ2n) is 6.64. The lowest BCUT2D eigenvalue weighted by atomic mass is 10.1. The number of nitrogens with zero attached hydrogens (tertiary/aromatic N) is 2. The van der Waals surface area contributed by atoms with E-state index in [4.69, 9.17) is 40.9 Å². The first-order valence-corrected chi connectivity index (χ1v) is 10.1. The van der Waals surface area contributed by atoms with Crippen molar-refractivity contribution in [2.45, 2.75) is 0 Å². The third-order valence-electron chi connectivity index (χ3n) is 4.65. The van der Waals surface area contributed by atoms with Crippen molar-refractivity contribution in [2.24, 2.45) is 4.99 Å². The van der Waals surface area contributed by atoms with E-state index in [0.717, 1.165) is 0 Å². The van der Waals surface area contributed by atoms with Crippen molar-refractivity contribution in [3.63, 3.8) is 0 Å². The van der Waals surface area contributed by atoms with Gasteiger partial charge in [0.05, 0.1) is 29.3 Å². The van der Waals surface area contributed by atoms with Crippen molar-refractivity contribution in [1.82, 2.24) is 0 Å². The van der Waals surface area contributed by atoms with Gasteiger partial charge < -0.3 is 17.7 Å². The predicted molar refractivity (Wildman–Crippen MR) is 120 cm³/mol. The molecule has 0 spiro atoms. The summed E-state index contributed by atoms with van der Waals surface area (Å²) in [6.07, 6.45) is 4.50. The lowest BCUT2D eigenvalue weighted by Crippen LogP contribution is -1.80. The molecule has 1 aromatic carbocycles. The molecule has 0 saturated carbocycles. The molecule has 4 heterocycles. The molecule has 0 aliphatic rings. The van der Waals surface area contributed by atoms with E-state index >= 15 is 0 Å². The Morgan fingerprint density at radius 3 is 2.34 bits per heavy atom. The lowest BCUT2D eigenvalue weighted by molar-refractivity contribution is 0.527. The van der Waals surface area contributed by atoms with Gasteiger partial charge in [0.15, 0.2) is 11.5 Å². The SMILES string of the molecule is N#Cc1c(N=Cc2ccc(-c3ccc(Cl)cc3Cl)o2)oc(-c2ccco2)c1-c1ccco1. The highest BCUT2D eigenvalue weighted by Gasteiger charge is 2.26. The maximum Gasteiger partial charge on any atom is 0.238 e. The summed E-state index contributed by atoms with van der Waals surface area (Å²) in [7, 11) is 0. The normalized spacial score (nSPS) is 11.3. The highest BCUT2D eigenvalue weighted by Crippen LogP contribution is 2.43. The molecule has 0 aliphatic heterocycles. The van der Waals surface area contributed by atoms with E-state index in [1.807, 2.05) is 0 Å². The van der Waals surface area contributed by atoms with Crippen molar-refractivity contribution in [3.8, 4) is 40.2 Å². The Morgan fingerprint density at radius 1 is 0.875 bits per heavy atom. The van der Waals surface area contributed by atoms with Gasteiger partial charge in [0.25, 0.3) is 0 Å². The van der Waals surface area contributed by atoms with Crippen LogP contribution in [-0.4, -0.2) is 6.21 Å². The fraction of sp³-hybridized carbons (Fsp3) is 0. The Morgan fingerprint density at radius 2 is 1.66 bits per heavy atom. The molecule has 4 aromatic heterocycles. The van der Waals surface area contributed by atoms with Crippen LogP contribution in [0.25, 0.3) is 34.2 Å². The summed E-state index contributed by atoms with van der Waals surface area (Å²) >= 11 is 12.2. The third kappa shape index (κ3) is 3.65. The zero-order valence-electron chi connectivity index (χ0n) is 16.2. The summed E-state index contributed by atoms with van der Waals surface area (Å²) in [5.74, 6) is 2.38. The van der Waals surface area contributed by atoms with Crippen LogP contribution in [0.15, 0.2) is 89.8 Å². The van der Waals surface area contributed by atoms with E-state index < -0.39 is 0 Å². The molecule has 8 heteroatoms. The van der Waals surface area contributed by atoms with Crippen LogP contribution >= 0.6 is 23.2 Å². The molecule has 0 amide bonds. The first-order chi connectivity index (χ1) is 15.6. The summed E-state index contributed by atoms with van der Waals surface area (Å²) in [5, 5.41) is 10.8. The van der Waals surface area contributed by atoms with Gasteiger partial charge in [0, 0.05) is 10.6 Å². The predicted octanol–water partition coefficient (Wildman–Crippen LogP) is 7.99. The maximum atomic E-state index is 9.81. The van der Waals surface area contributed by atoms with Crippen molar-refractivity contribution < 1.29 is 17.7 Å². The molecule has 0 N–H and O–H groups in total. The van der Waals surface area contributed by atoms with Gasteiger partial charge in [-0.1, -0.05) is 23.2 Å².